The van der Waals surface area contributed by atoms with E-state index in [1.54, 1.807) is 0 Å². The molecule has 3 nitrogen and oxygen atoms in total. The lowest BCUT2D eigenvalue weighted by atomic mass is 9.98. The van der Waals surface area contributed by atoms with Gasteiger partial charge in [0.15, 0.2) is 0 Å². The molecule has 21 heavy (non-hydrogen) atoms. The van der Waals surface area contributed by atoms with Gasteiger partial charge in [-0.05, 0) is 71.9 Å². The fraction of sp³-hybridized carbons (Fsp3) is 0.722. The average molecular weight is 290 g/mol. The molecular weight excluding hydrogens is 260 g/mol. The molecular formula is C18H30N2O. The molecule has 1 aliphatic rings. The number of ether oxygens (including phenoxy) is 1. The molecule has 0 aliphatic heterocycles. The third kappa shape index (κ3) is 4.99. The fourth-order valence-corrected chi connectivity index (χ4v) is 2.84. The maximum absolute atomic E-state index is 6.26. The Morgan fingerprint density at radius 3 is 2.48 bits per heavy atom. The van der Waals surface area contributed by atoms with Crippen LogP contribution in [-0.4, -0.2) is 16.6 Å². The zero-order chi connectivity index (χ0) is 15.5. The maximum Gasteiger partial charge on any atom is 0.218 e. The van der Waals surface area contributed by atoms with Crippen molar-refractivity contribution in [2.45, 2.75) is 84.9 Å². The summed E-state index contributed by atoms with van der Waals surface area (Å²) in [5.41, 5.74) is 3.61. The summed E-state index contributed by atoms with van der Waals surface area (Å²) in [5, 5.41) is 3.56. The van der Waals surface area contributed by atoms with Crippen LogP contribution in [0.4, 0.5) is 0 Å². The number of nitrogens with one attached hydrogen (secondary N) is 1. The highest BCUT2D eigenvalue weighted by Gasteiger charge is 2.19. The van der Waals surface area contributed by atoms with E-state index in [0.29, 0.717) is 6.10 Å². The summed E-state index contributed by atoms with van der Waals surface area (Å²) in [7, 11) is 0. The number of hydrogen-bond acceptors (Lipinski definition) is 3. The van der Waals surface area contributed by atoms with Crippen molar-refractivity contribution >= 4 is 0 Å². The Balaban J connectivity index is 2.16. The van der Waals surface area contributed by atoms with Crippen molar-refractivity contribution < 1.29 is 4.74 Å². The van der Waals surface area contributed by atoms with E-state index in [2.05, 4.69) is 44.1 Å². The minimum Gasteiger partial charge on any atom is -0.474 e. The second-order valence-electron chi connectivity index (χ2n) is 7.35. The topological polar surface area (TPSA) is 34.1 Å². The van der Waals surface area contributed by atoms with Crippen LogP contribution in [0.25, 0.3) is 0 Å². The van der Waals surface area contributed by atoms with E-state index in [9.17, 15) is 0 Å². The maximum atomic E-state index is 6.26. The molecule has 2 rings (SSSR count). The smallest absolute Gasteiger partial charge is 0.218 e. The van der Waals surface area contributed by atoms with Crippen LogP contribution in [0.1, 0.15) is 69.7 Å². The molecule has 1 aliphatic carbocycles. The molecule has 0 atom stereocenters. The average Bonchev–Trinajstić information content (AvgIpc) is 2.37. The predicted octanol–water partition coefficient (Wildman–Crippen LogP) is 4.30. The van der Waals surface area contributed by atoms with Gasteiger partial charge in [0.05, 0.1) is 0 Å². The lowest BCUT2D eigenvalue weighted by Gasteiger charge is -2.26. The van der Waals surface area contributed by atoms with Crippen molar-refractivity contribution in [1.29, 1.82) is 0 Å². The molecule has 1 heterocycles. The van der Waals surface area contributed by atoms with E-state index in [1.165, 1.54) is 43.2 Å². The van der Waals surface area contributed by atoms with Crippen molar-refractivity contribution in [3.63, 3.8) is 0 Å². The summed E-state index contributed by atoms with van der Waals surface area (Å²) in [4.78, 5) is 4.67. The van der Waals surface area contributed by atoms with Gasteiger partial charge in [-0.2, -0.15) is 0 Å². The summed E-state index contributed by atoms with van der Waals surface area (Å²) in [6.45, 7) is 11.6. The Labute approximate surface area is 129 Å². The van der Waals surface area contributed by atoms with Gasteiger partial charge in [0, 0.05) is 23.3 Å². The SMILES string of the molecule is Cc1cc(C)c(CNC(C)(C)C)c(OC2CCCCC2)n1. The first kappa shape index (κ1) is 16.3. The van der Waals surface area contributed by atoms with Crippen LogP contribution in [0.2, 0.25) is 0 Å². The van der Waals surface area contributed by atoms with Gasteiger partial charge < -0.3 is 10.1 Å². The van der Waals surface area contributed by atoms with Crippen LogP contribution in [0.3, 0.4) is 0 Å². The molecule has 0 amide bonds. The van der Waals surface area contributed by atoms with Gasteiger partial charge >= 0.3 is 0 Å². The zero-order valence-electron chi connectivity index (χ0n) is 14.3. The van der Waals surface area contributed by atoms with Crippen molar-refractivity contribution in [3.8, 4) is 5.88 Å². The molecule has 1 N–H and O–H groups in total. The van der Waals surface area contributed by atoms with Gasteiger partial charge in [0.25, 0.3) is 0 Å². The Morgan fingerprint density at radius 2 is 1.86 bits per heavy atom. The van der Waals surface area contributed by atoms with Gasteiger partial charge in [-0.25, -0.2) is 4.98 Å². The minimum absolute atomic E-state index is 0.0967. The molecule has 118 valence electrons. The first-order chi connectivity index (χ1) is 9.85. The van der Waals surface area contributed by atoms with Gasteiger partial charge in [-0.3, -0.25) is 0 Å². The summed E-state index contributed by atoms with van der Waals surface area (Å²) in [6.07, 6.45) is 6.59. The lowest BCUT2D eigenvalue weighted by molar-refractivity contribution is 0.146. The largest absolute Gasteiger partial charge is 0.474 e. The molecule has 0 unspecified atom stereocenters. The normalized spacial score (nSPS) is 17.0. The van der Waals surface area contributed by atoms with Gasteiger partial charge in [-0.1, -0.05) is 6.42 Å². The molecule has 1 fully saturated rings. The van der Waals surface area contributed by atoms with E-state index >= 15 is 0 Å². The quantitative estimate of drug-likeness (QED) is 0.898. The molecule has 0 bridgehead atoms. The monoisotopic (exact) mass is 290 g/mol. The van der Waals surface area contributed by atoms with Gasteiger partial charge in [0.1, 0.15) is 6.10 Å². The number of nitrogens with zero attached hydrogens (tertiary/aromatic N) is 1. The van der Waals surface area contributed by atoms with Gasteiger partial charge in [-0.15, -0.1) is 0 Å². The first-order valence-corrected chi connectivity index (χ1v) is 8.24. The highest BCUT2D eigenvalue weighted by molar-refractivity contribution is 5.36. The van der Waals surface area contributed by atoms with Crippen LogP contribution in [0, 0.1) is 13.8 Å². The molecule has 0 saturated heterocycles. The van der Waals surface area contributed by atoms with E-state index in [4.69, 9.17) is 4.74 Å². The van der Waals surface area contributed by atoms with Crippen LogP contribution >= 0.6 is 0 Å². The standard InChI is InChI=1S/C18H30N2O/c1-13-11-14(2)20-17(16(13)12-19-18(3,4)5)21-15-9-7-6-8-10-15/h11,15,19H,6-10,12H2,1-5H3. The summed E-state index contributed by atoms with van der Waals surface area (Å²) in [6, 6.07) is 2.15. The Bertz CT molecular complexity index is 471. The Hall–Kier alpha value is -1.09. The fourth-order valence-electron chi connectivity index (χ4n) is 2.84. The second kappa shape index (κ2) is 6.78. The third-order valence-electron chi connectivity index (χ3n) is 4.06. The van der Waals surface area contributed by atoms with Gasteiger partial charge in [0.2, 0.25) is 5.88 Å². The van der Waals surface area contributed by atoms with E-state index < -0.39 is 0 Å². The molecule has 0 spiro atoms. The summed E-state index contributed by atoms with van der Waals surface area (Å²) < 4.78 is 6.26. The Kier molecular flexibility index (Phi) is 5.26. The lowest BCUT2D eigenvalue weighted by Crippen LogP contribution is -2.35. The molecule has 3 heteroatoms. The van der Waals surface area contributed by atoms with Crippen molar-refractivity contribution in [1.82, 2.24) is 10.3 Å². The van der Waals surface area contributed by atoms with Crippen molar-refractivity contribution in [2.75, 3.05) is 0 Å². The highest BCUT2D eigenvalue weighted by atomic mass is 16.5. The van der Waals surface area contributed by atoms with Crippen molar-refractivity contribution in [3.05, 3.63) is 22.9 Å². The number of pyridine rings is 1. The van der Waals surface area contributed by atoms with Crippen LogP contribution in [0.15, 0.2) is 6.07 Å². The van der Waals surface area contributed by atoms with Crippen LogP contribution in [0.5, 0.6) is 5.88 Å². The summed E-state index contributed by atoms with van der Waals surface area (Å²) >= 11 is 0. The minimum atomic E-state index is 0.0967. The van der Waals surface area contributed by atoms with Crippen LogP contribution in [-0.2, 0) is 6.54 Å². The third-order valence-corrected chi connectivity index (χ3v) is 4.06. The van der Waals surface area contributed by atoms with E-state index in [-0.39, 0.29) is 5.54 Å². The van der Waals surface area contributed by atoms with Crippen LogP contribution < -0.4 is 10.1 Å². The molecule has 1 aromatic heterocycles. The van der Waals surface area contributed by atoms with E-state index in [0.717, 1.165) is 18.1 Å². The molecule has 1 saturated carbocycles. The zero-order valence-corrected chi connectivity index (χ0v) is 14.3. The van der Waals surface area contributed by atoms with Crippen molar-refractivity contribution in [2.24, 2.45) is 0 Å². The number of aryl methyl sites for hydroxylation is 2. The molecule has 1 aromatic rings. The molecule has 0 aromatic carbocycles. The first-order valence-electron chi connectivity index (χ1n) is 8.24. The number of aromatic nitrogens is 1. The number of hydrogen-bond donors (Lipinski definition) is 1. The highest BCUT2D eigenvalue weighted by Crippen LogP contribution is 2.27. The van der Waals surface area contributed by atoms with E-state index in [1.807, 2.05) is 6.92 Å². The Morgan fingerprint density at radius 1 is 1.19 bits per heavy atom. The second-order valence-corrected chi connectivity index (χ2v) is 7.35. The number of rotatable bonds is 4. The predicted molar refractivity (Wildman–Crippen MR) is 87.8 cm³/mol. The summed E-state index contributed by atoms with van der Waals surface area (Å²) in [5.74, 6) is 0.844. The molecule has 0 radical (unpaired) electrons.